The fourth-order valence-electron chi connectivity index (χ4n) is 2.25. The molecule has 106 valence electrons. The van der Waals surface area contributed by atoms with Crippen molar-refractivity contribution in [3.8, 4) is 0 Å². The molecule has 1 unspecified atom stereocenters. The van der Waals surface area contributed by atoms with E-state index in [1.165, 1.54) is 0 Å². The zero-order chi connectivity index (χ0) is 13.5. The number of nitrogens with zero attached hydrogens (tertiary/aromatic N) is 1. The summed E-state index contributed by atoms with van der Waals surface area (Å²) in [5, 5.41) is 6.36. The van der Waals surface area contributed by atoms with Crippen LogP contribution in [0.15, 0.2) is 0 Å². The molecule has 2 N–H and O–H groups in total. The van der Waals surface area contributed by atoms with E-state index in [1.807, 2.05) is 0 Å². The zero-order valence-corrected chi connectivity index (χ0v) is 12.3. The lowest BCUT2D eigenvalue weighted by Crippen LogP contribution is -2.48. The molecular formula is C14H29N3O. The number of nitrogens with one attached hydrogen (secondary N) is 2. The minimum atomic E-state index is 0.137. The van der Waals surface area contributed by atoms with Crippen LogP contribution in [0.25, 0.3) is 0 Å². The Morgan fingerprint density at radius 2 is 1.89 bits per heavy atom. The quantitative estimate of drug-likeness (QED) is 0.753. The second kappa shape index (κ2) is 7.74. The number of carbonyl (C=O) groups excluding carboxylic acids is 1. The molecule has 1 aliphatic rings. The smallest absolute Gasteiger partial charge is 0.234 e. The van der Waals surface area contributed by atoms with Gasteiger partial charge in [0.1, 0.15) is 0 Å². The maximum Gasteiger partial charge on any atom is 0.234 e. The number of piperidine rings is 1. The molecule has 0 aliphatic carbocycles. The van der Waals surface area contributed by atoms with Crippen LogP contribution in [0.5, 0.6) is 0 Å². The monoisotopic (exact) mass is 255 g/mol. The maximum absolute atomic E-state index is 11.8. The van der Waals surface area contributed by atoms with Crippen molar-refractivity contribution < 1.29 is 4.79 Å². The molecule has 0 spiro atoms. The Morgan fingerprint density at radius 1 is 1.28 bits per heavy atom. The van der Waals surface area contributed by atoms with E-state index in [-0.39, 0.29) is 5.91 Å². The van der Waals surface area contributed by atoms with Gasteiger partial charge in [-0.15, -0.1) is 0 Å². The molecule has 0 aromatic heterocycles. The minimum Gasteiger partial charge on any atom is -0.352 e. The van der Waals surface area contributed by atoms with Crippen molar-refractivity contribution in [2.24, 2.45) is 0 Å². The lowest BCUT2D eigenvalue weighted by Gasteiger charge is -2.34. The average Bonchev–Trinajstić information content (AvgIpc) is 2.36. The number of amides is 1. The van der Waals surface area contributed by atoms with Gasteiger partial charge in [-0.25, -0.2) is 0 Å². The van der Waals surface area contributed by atoms with E-state index in [2.05, 4.69) is 43.2 Å². The van der Waals surface area contributed by atoms with Crippen LogP contribution in [0.4, 0.5) is 0 Å². The van der Waals surface area contributed by atoms with Crippen molar-refractivity contribution in [2.45, 2.75) is 65.1 Å². The second-order valence-electron chi connectivity index (χ2n) is 5.66. The van der Waals surface area contributed by atoms with Crippen LogP contribution in [0, 0.1) is 0 Å². The third-order valence-electron chi connectivity index (χ3n) is 3.85. The van der Waals surface area contributed by atoms with Gasteiger partial charge in [-0.2, -0.15) is 0 Å². The van der Waals surface area contributed by atoms with E-state index in [4.69, 9.17) is 0 Å². The minimum absolute atomic E-state index is 0.137. The van der Waals surface area contributed by atoms with E-state index < -0.39 is 0 Å². The van der Waals surface area contributed by atoms with Gasteiger partial charge in [0.2, 0.25) is 5.91 Å². The van der Waals surface area contributed by atoms with E-state index in [0.717, 1.165) is 32.4 Å². The number of carbonyl (C=O) groups is 1. The lowest BCUT2D eigenvalue weighted by atomic mass is 10.0. The highest BCUT2D eigenvalue weighted by atomic mass is 16.2. The van der Waals surface area contributed by atoms with Crippen molar-refractivity contribution in [1.29, 1.82) is 0 Å². The summed E-state index contributed by atoms with van der Waals surface area (Å²) in [7, 11) is 0. The summed E-state index contributed by atoms with van der Waals surface area (Å²) in [5.41, 5.74) is 0. The van der Waals surface area contributed by atoms with Gasteiger partial charge in [-0.1, -0.05) is 6.92 Å². The summed E-state index contributed by atoms with van der Waals surface area (Å²) >= 11 is 0. The summed E-state index contributed by atoms with van der Waals surface area (Å²) in [5.74, 6) is 0.137. The first-order valence-electron chi connectivity index (χ1n) is 7.29. The van der Waals surface area contributed by atoms with Gasteiger partial charge in [-0.3, -0.25) is 4.79 Å². The van der Waals surface area contributed by atoms with Crippen molar-refractivity contribution in [3.63, 3.8) is 0 Å². The van der Waals surface area contributed by atoms with Crippen LogP contribution in [-0.2, 0) is 4.79 Å². The highest BCUT2D eigenvalue weighted by molar-refractivity contribution is 5.78. The maximum atomic E-state index is 11.8. The predicted molar refractivity (Wildman–Crippen MR) is 75.6 cm³/mol. The molecule has 1 saturated heterocycles. The molecule has 4 heteroatoms. The third kappa shape index (κ3) is 5.36. The van der Waals surface area contributed by atoms with Gasteiger partial charge in [0, 0.05) is 31.2 Å². The largest absolute Gasteiger partial charge is 0.352 e. The Balaban J connectivity index is 2.18. The Morgan fingerprint density at radius 3 is 2.39 bits per heavy atom. The Bertz CT molecular complexity index is 247. The topological polar surface area (TPSA) is 44.4 Å². The van der Waals surface area contributed by atoms with Gasteiger partial charge in [0.25, 0.3) is 0 Å². The molecule has 0 aromatic carbocycles. The zero-order valence-electron chi connectivity index (χ0n) is 12.3. The van der Waals surface area contributed by atoms with Gasteiger partial charge in [0.15, 0.2) is 0 Å². The molecule has 1 fully saturated rings. The van der Waals surface area contributed by atoms with Crippen molar-refractivity contribution in [1.82, 2.24) is 15.5 Å². The normalized spacial score (nSPS) is 20.1. The first-order valence-corrected chi connectivity index (χ1v) is 7.29. The molecule has 1 aliphatic heterocycles. The number of rotatable bonds is 6. The summed E-state index contributed by atoms with van der Waals surface area (Å²) in [4.78, 5) is 14.2. The van der Waals surface area contributed by atoms with Crippen LogP contribution in [-0.4, -0.2) is 48.6 Å². The summed E-state index contributed by atoms with van der Waals surface area (Å²) in [6.45, 7) is 11.3. The van der Waals surface area contributed by atoms with Gasteiger partial charge < -0.3 is 15.5 Å². The molecule has 1 rings (SSSR count). The molecule has 0 bridgehead atoms. The molecule has 1 amide bonds. The van der Waals surface area contributed by atoms with Crippen LogP contribution in [0.1, 0.15) is 47.0 Å². The summed E-state index contributed by atoms with van der Waals surface area (Å²) < 4.78 is 0. The third-order valence-corrected chi connectivity index (χ3v) is 3.85. The SMILES string of the molecule is CCC(C)NCC(=O)NC1CCN(C(C)C)CC1. The first kappa shape index (κ1) is 15.4. The Hall–Kier alpha value is -0.610. The molecular weight excluding hydrogens is 226 g/mol. The first-order chi connectivity index (χ1) is 8.52. The van der Waals surface area contributed by atoms with Crippen molar-refractivity contribution in [3.05, 3.63) is 0 Å². The Kier molecular flexibility index (Phi) is 6.65. The molecule has 4 nitrogen and oxygen atoms in total. The summed E-state index contributed by atoms with van der Waals surface area (Å²) in [6.07, 6.45) is 3.21. The molecule has 1 heterocycles. The lowest BCUT2D eigenvalue weighted by molar-refractivity contribution is -0.121. The summed E-state index contributed by atoms with van der Waals surface area (Å²) in [6, 6.07) is 1.40. The number of hydrogen-bond acceptors (Lipinski definition) is 3. The molecule has 18 heavy (non-hydrogen) atoms. The van der Waals surface area contributed by atoms with Crippen molar-refractivity contribution in [2.75, 3.05) is 19.6 Å². The number of hydrogen-bond donors (Lipinski definition) is 2. The van der Waals surface area contributed by atoms with Crippen LogP contribution in [0.3, 0.4) is 0 Å². The van der Waals surface area contributed by atoms with Gasteiger partial charge in [0.05, 0.1) is 6.54 Å². The molecule has 0 saturated carbocycles. The fraction of sp³-hybridized carbons (Fsp3) is 0.929. The van der Waals surface area contributed by atoms with Gasteiger partial charge >= 0.3 is 0 Å². The fourth-order valence-corrected chi connectivity index (χ4v) is 2.25. The van der Waals surface area contributed by atoms with Crippen LogP contribution >= 0.6 is 0 Å². The van der Waals surface area contributed by atoms with E-state index in [9.17, 15) is 4.79 Å². The molecule has 0 radical (unpaired) electrons. The van der Waals surface area contributed by atoms with E-state index in [1.54, 1.807) is 0 Å². The van der Waals surface area contributed by atoms with E-state index in [0.29, 0.717) is 24.7 Å². The Labute approximate surface area is 111 Å². The second-order valence-corrected chi connectivity index (χ2v) is 5.66. The van der Waals surface area contributed by atoms with E-state index >= 15 is 0 Å². The average molecular weight is 255 g/mol. The van der Waals surface area contributed by atoms with Crippen LogP contribution < -0.4 is 10.6 Å². The molecule has 0 aromatic rings. The van der Waals surface area contributed by atoms with Crippen LogP contribution in [0.2, 0.25) is 0 Å². The number of likely N-dealkylation sites (tertiary alicyclic amines) is 1. The molecule has 1 atom stereocenters. The standard InChI is InChI=1S/C14H29N3O/c1-5-12(4)15-10-14(18)16-13-6-8-17(9-7-13)11(2)3/h11-13,15H,5-10H2,1-4H3,(H,16,18). The van der Waals surface area contributed by atoms with Crippen molar-refractivity contribution >= 4 is 5.91 Å². The van der Waals surface area contributed by atoms with Gasteiger partial charge in [-0.05, 0) is 40.0 Å². The highest BCUT2D eigenvalue weighted by Crippen LogP contribution is 2.12. The highest BCUT2D eigenvalue weighted by Gasteiger charge is 2.21. The predicted octanol–water partition coefficient (Wildman–Crippen LogP) is 1.36.